The van der Waals surface area contributed by atoms with Gasteiger partial charge in [-0.05, 0) is 28.8 Å². The van der Waals surface area contributed by atoms with Crippen LogP contribution in [0.2, 0.25) is 0 Å². The first-order chi connectivity index (χ1) is 10.2. The fourth-order valence-electron chi connectivity index (χ4n) is 2.69. The average Bonchev–Trinajstić information content (AvgIpc) is 2.85. The van der Waals surface area contributed by atoms with E-state index in [1.807, 2.05) is 19.1 Å². The quantitative estimate of drug-likeness (QED) is 0.947. The zero-order valence-corrected chi connectivity index (χ0v) is 12.8. The van der Waals surface area contributed by atoms with Crippen molar-refractivity contribution in [3.8, 4) is 0 Å². The smallest absolute Gasteiger partial charge is 0.245 e. The maximum absolute atomic E-state index is 12.5. The van der Waals surface area contributed by atoms with Gasteiger partial charge in [-0.25, -0.2) is 0 Å². The van der Waals surface area contributed by atoms with Crippen molar-refractivity contribution in [1.29, 1.82) is 0 Å². The third-order valence-electron chi connectivity index (χ3n) is 3.88. The molecule has 1 atom stereocenters. The van der Waals surface area contributed by atoms with Crippen LogP contribution in [0, 0.1) is 0 Å². The predicted octanol–water partition coefficient (Wildman–Crippen LogP) is 2.53. The molecule has 21 heavy (non-hydrogen) atoms. The monoisotopic (exact) mass is 302 g/mol. The van der Waals surface area contributed by atoms with E-state index in [1.54, 1.807) is 16.2 Å². The molecule has 1 aliphatic rings. The molecule has 0 saturated carbocycles. The van der Waals surface area contributed by atoms with E-state index in [9.17, 15) is 9.59 Å². The minimum atomic E-state index is -0.384. The Balaban J connectivity index is 1.85. The highest BCUT2D eigenvalue weighted by Crippen LogP contribution is 2.27. The van der Waals surface area contributed by atoms with Crippen LogP contribution in [-0.4, -0.2) is 29.3 Å². The van der Waals surface area contributed by atoms with E-state index < -0.39 is 0 Å². The van der Waals surface area contributed by atoms with Crippen LogP contribution in [-0.2, 0) is 16.1 Å². The van der Waals surface area contributed by atoms with Crippen LogP contribution < -0.4 is 5.32 Å². The molecule has 1 unspecified atom stereocenters. The number of carbonyl (C=O) groups excluding carboxylic acids is 2. The van der Waals surface area contributed by atoms with Crippen molar-refractivity contribution >= 4 is 33.2 Å². The van der Waals surface area contributed by atoms with Crippen molar-refractivity contribution in [2.24, 2.45) is 0 Å². The van der Waals surface area contributed by atoms with Crippen LogP contribution in [0.25, 0.3) is 10.1 Å². The molecule has 5 heteroatoms. The second-order valence-corrected chi connectivity index (χ2v) is 6.21. The fraction of sp³-hybridized carbons (Fsp3) is 0.375. The molecule has 110 valence electrons. The Morgan fingerprint density at radius 1 is 1.33 bits per heavy atom. The van der Waals surface area contributed by atoms with Crippen LogP contribution >= 0.6 is 11.3 Å². The van der Waals surface area contributed by atoms with Gasteiger partial charge < -0.3 is 10.2 Å². The molecule has 1 aliphatic heterocycles. The molecule has 1 fully saturated rings. The lowest BCUT2D eigenvalue weighted by Crippen LogP contribution is -2.43. The van der Waals surface area contributed by atoms with E-state index in [1.165, 1.54) is 10.1 Å². The van der Waals surface area contributed by atoms with E-state index in [0.717, 1.165) is 5.56 Å². The van der Waals surface area contributed by atoms with Gasteiger partial charge in [0.15, 0.2) is 0 Å². The van der Waals surface area contributed by atoms with Crippen LogP contribution in [0.15, 0.2) is 29.6 Å². The number of thiophene rings is 1. The molecular formula is C16H18N2O2S. The van der Waals surface area contributed by atoms with Gasteiger partial charge in [-0.1, -0.05) is 25.1 Å². The predicted molar refractivity (Wildman–Crippen MR) is 84.1 cm³/mol. The van der Waals surface area contributed by atoms with Crippen molar-refractivity contribution < 1.29 is 9.59 Å². The summed E-state index contributed by atoms with van der Waals surface area (Å²) in [6.45, 7) is 2.99. The maximum atomic E-state index is 12.5. The highest BCUT2D eigenvalue weighted by Gasteiger charge is 2.28. The first-order valence-electron chi connectivity index (χ1n) is 7.22. The van der Waals surface area contributed by atoms with Gasteiger partial charge >= 0.3 is 0 Å². The molecule has 0 bridgehead atoms. The van der Waals surface area contributed by atoms with Crippen LogP contribution in [0.4, 0.5) is 0 Å². The lowest BCUT2D eigenvalue weighted by Gasteiger charge is -2.23. The number of hydrogen-bond donors (Lipinski definition) is 1. The van der Waals surface area contributed by atoms with E-state index in [2.05, 4.69) is 22.8 Å². The van der Waals surface area contributed by atoms with Gasteiger partial charge in [0, 0.05) is 24.2 Å². The Labute approximate surface area is 127 Å². The number of nitrogens with zero attached hydrogens (tertiary/aromatic N) is 1. The van der Waals surface area contributed by atoms with E-state index >= 15 is 0 Å². The van der Waals surface area contributed by atoms with Crippen LogP contribution in [0.1, 0.15) is 25.3 Å². The summed E-state index contributed by atoms with van der Waals surface area (Å²) in [6.07, 6.45) is 1.01. The summed E-state index contributed by atoms with van der Waals surface area (Å²) in [5.74, 6) is -0.00786. The number of rotatable bonds is 3. The second-order valence-electron chi connectivity index (χ2n) is 5.30. The first kappa shape index (κ1) is 14.1. The third-order valence-corrected chi connectivity index (χ3v) is 4.90. The van der Waals surface area contributed by atoms with Crippen LogP contribution in [0.5, 0.6) is 0 Å². The summed E-state index contributed by atoms with van der Waals surface area (Å²) >= 11 is 1.70. The molecule has 1 aromatic heterocycles. The Hall–Kier alpha value is -1.88. The molecule has 1 aromatic carbocycles. The summed E-state index contributed by atoms with van der Waals surface area (Å²) in [5, 5.41) is 6.11. The highest BCUT2D eigenvalue weighted by atomic mass is 32.1. The minimum Gasteiger partial charge on any atom is -0.344 e. The average molecular weight is 302 g/mol. The summed E-state index contributed by atoms with van der Waals surface area (Å²) < 4.78 is 1.23. The Morgan fingerprint density at radius 3 is 2.95 bits per heavy atom. The van der Waals surface area contributed by atoms with E-state index in [-0.39, 0.29) is 17.9 Å². The number of nitrogens with one attached hydrogen (secondary N) is 1. The number of hydrogen-bond acceptors (Lipinski definition) is 3. The standard InChI is InChI=1S/C16H18N2O2S/c1-2-13-16(20)18(8-7-15(19)17-13)9-11-10-21-14-6-4-3-5-12(11)14/h3-6,10,13H,2,7-9H2,1H3,(H,17,19). The third kappa shape index (κ3) is 2.78. The number of carbonyl (C=O) groups is 2. The number of benzene rings is 1. The zero-order valence-electron chi connectivity index (χ0n) is 12.0. The molecule has 1 N–H and O–H groups in total. The van der Waals surface area contributed by atoms with E-state index in [0.29, 0.717) is 25.9 Å². The van der Waals surface area contributed by atoms with E-state index in [4.69, 9.17) is 0 Å². The first-order valence-corrected chi connectivity index (χ1v) is 8.10. The van der Waals surface area contributed by atoms with Gasteiger partial charge in [-0.15, -0.1) is 11.3 Å². The summed E-state index contributed by atoms with van der Waals surface area (Å²) in [5.41, 5.74) is 1.16. The second kappa shape index (κ2) is 5.85. The molecule has 0 spiro atoms. The highest BCUT2D eigenvalue weighted by molar-refractivity contribution is 7.17. The minimum absolute atomic E-state index is 0.0265. The molecule has 4 nitrogen and oxygen atoms in total. The van der Waals surface area contributed by atoms with Crippen molar-refractivity contribution in [2.75, 3.05) is 6.54 Å². The van der Waals surface area contributed by atoms with Crippen molar-refractivity contribution in [1.82, 2.24) is 10.2 Å². The van der Waals surface area contributed by atoms with Crippen molar-refractivity contribution in [3.63, 3.8) is 0 Å². The topological polar surface area (TPSA) is 49.4 Å². The summed E-state index contributed by atoms with van der Waals surface area (Å²) in [4.78, 5) is 26.0. The molecule has 1 saturated heterocycles. The molecule has 0 radical (unpaired) electrons. The van der Waals surface area contributed by atoms with Gasteiger partial charge in [-0.2, -0.15) is 0 Å². The Morgan fingerprint density at radius 2 is 2.14 bits per heavy atom. The van der Waals surface area contributed by atoms with Gasteiger partial charge in [0.1, 0.15) is 6.04 Å². The maximum Gasteiger partial charge on any atom is 0.245 e. The largest absolute Gasteiger partial charge is 0.344 e. The van der Waals surface area contributed by atoms with Crippen LogP contribution in [0.3, 0.4) is 0 Å². The number of amides is 2. The van der Waals surface area contributed by atoms with Gasteiger partial charge in [0.2, 0.25) is 11.8 Å². The number of fused-ring (bicyclic) bond motifs is 1. The fourth-order valence-corrected chi connectivity index (χ4v) is 3.64. The molecule has 3 rings (SSSR count). The Kier molecular flexibility index (Phi) is 3.92. The summed E-state index contributed by atoms with van der Waals surface area (Å²) in [7, 11) is 0. The SMILES string of the molecule is CCC1NC(=O)CCN(Cc2csc3ccccc23)C1=O. The molecule has 2 aromatic rings. The zero-order chi connectivity index (χ0) is 14.8. The lowest BCUT2D eigenvalue weighted by atomic mass is 10.1. The summed E-state index contributed by atoms with van der Waals surface area (Å²) in [6, 6.07) is 7.83. The van der Waals surface area contributed by atoms with Crippen molar-refractivity contribution in [2.45, 2.75) is 32.4 Å². The van der Waals surface area contributed by atoms with Crippen molar-refractivity contribution in [3.05, 3.63) is 35.2 Å². The Bertz CT molecular complexity index is 680. The van der Waals surface area contributed by atoms with Gasteiger partial charge in [0.05, 0.1) is 0 Å². The van der Waals surface area contributed by atoms with Gasteiger partial charge in [-0.3, -0.25) is 9.59 Å². The lowest BCUT2D eigenvalue weighted by molar-refractivity contribution is -0.134. The molecular weight excluding hydrogens is 284 g/mol. The molecule has 2 amide bonds. The normalized spacial score (nSPS) is 19.7. The molecule has 2 heterocycles. The van der Waals surface area contributed by atoms with Gasteiger partial charge in [0.25, 0.3) is 0 Å². The molecule has 0 aliphatic carbocycles.